The van der Waals surface area contributed by atoms with Crippen molar-refractivity contribution >= 4 is 27.5 Å². The Morgan fingerprint density at radius 1 is 1.00 bits per heavy atom. The zero-order valence-electron chi connectivity index (χ0n) is 11.5. The maximum Gasteiger partial charge on any atom is 0.0912 e. The Balaban J connectivity index is 2.44. The first kappa shape index (κ1) is 13.0. The molecule has 2 aromatic carbocycles. The lowest BCUT2D eigenvalue weighted by Gasteiger charge is -2.07. The Labute approximate surface area is 123 Å². The maximum absolute atomic E-state index is 8.81. The fourth-order valence-corrected chi connectivity index (χ4v) is 2.65. The molecular weight excluding hydrogens is 256 g/mol. The first-order valence-electron chi connectivity index (χ1n) is 6.74. The third-order valence-electron chi connectivity index (χ3n) is 3.46. The largest absolute Gasteiger partial charge is 0.309 e. The average molecular weight is 270 g/mol. The van der Waals surface area contributed by atoms with Crippen LogP contribution in [0.5, 0.6) is 0 Å². The summed E-state index contributed by atoms with van der Waals surface area (Å²) in [5.74, 6) is 0. The number of nitrogens with zero attached hydrogens (tertiary/aromatic N) is 2. The van der Waals surface area contributed by atoms with Crippen LogP contribution in [0, 0.1) is 11.3 Å². The van der Waals surface area contributed by atoms with Crippen molar-refractivity contribution in [2.24, 2.45) is 0 Å². The monoisotopic (exact) mass is 270 g/mol. The minimum absolute atomic E-state index is 0.920. The fraction of sp³-hybridized carbons (Fsp3) is 0. The summed E-state index contributed by atoms with van der Waals surface area (Å²) in [7, 11) is 0. The topological polar surface area (TPSA) is 28.7 Å². The first-order chi connectivity index (χ1) is 10.4. The predicted octanol–water partition coefficient (Wildman–Crippen LogP) is 4.90. The molecule has 2 nitrogen and oxygen atoms in total. The van der Waals surface area contributed by atoms with Gasteiger partial charge in [-0.05, 0) is 24.3 Å². The molecule has 0 saturated carbocycles. The highest BCUT2D eigenvalue weighted by Gasteiger charge is 2.10. The van der Waals surface area contributed by atoms with Crippen LogP contribution < -0.4 is 0 Å². The second-order valence-corrected chi connectivity index (χ2v) is 4.66. The van der Waals surface area contributed by atoms with Crippen molar-refractivity contribution in [2.75, 3.05) is 0 Å². The summed E-state index contributed by atoms with van der Waals surface area (Å²) in [5, 5.41) is 11.2. The quantitative estimate of drug-likeness (QED) is 0.491. The molecule has 100 valence electrons. The van der Waals surface area contributed by atoms with Gasteiger partial charge in [-0.3, -0.25) is 0 Å². The SMILES string of the molecule is C=C/C=C(\C=C\C#N)n1c2ccccc2c2ccccc21. The molecule has 0 radical (unpaired) electrons. The third-order valence-corrected chi connectivity index (χ3v) is 3.46. The van der Waals surface area contributed by atoms with Gasteiger partial charge in [0, 0.05) is 22.5 Å². The minimum Gasteiger partial charge on any atom is -0.309 e. The Morgan fingerprint density at radius 2 is 1.57 bits per heavy atom. The van der Waals surface area contributed by atoms with Gasteiger partial charge in [0.25, 0.3) is 0 Å². The molecule has 0 bridgehead atoms. The number of hydrogen-bond donors (Lipinski definition) is 0. The van der Waals surface area contributed by atoms with E-state index in [2.05, 4.69) is 35.4 Å². The van der Waals surface area contributed by atoms with Crippen LogP contribution in [0.15, 0.2) is 79.4 Å². The Kier molecular flexibility index (Phi) is 3.41. The van der Waals surface area contributed by atoms with Crippen molar-refractivity contribution in [2.45, 2.75) is 0 Å². The summed E-state index contributed by atoms with van der Waals surface area (Å²) in [6.07, 6.45) is 6.94. The number of allylic oxidation sites excluding steroid dienone is 5. The van der Waals surface area contributed by atoms with Gasteiger partial charge in [0.2, 0.25) is 0 Å². The zero-order chi connectivity index (χ0) is 14.7. The summed E-state index contributed by atoms with van der Waals surface area (Å²) in [5.41, 5.74) is 3.16. The van der Waals surface area contributed by atoms with Gasteiger partial charge in [0.15, 0.2) is 0 Å². The number of rotatable bonds is 3. The minimum atomic E-state index is 0.920. The lowest BCUT2D eigenvalue weighted by molar-refractivity contribution is 1.24. The number of fused-ring (bicyclic) bond motifs is 3. The maximum atomic E-state index is 8.81. The molecule has 0 atom stereocenters. The number of benzene rings is 2. The summed E-state index contributed by atoms with van der Waals surface area (Å²) in [6.45, 7) is 3.77. The Bertz CT molecular complexity index is 864. The Morgan fingerprint density at radius 3 is 2.10 bits per heavy atom. The molecule has 21 heavy (non-hydrogen) atoms. The third kappa shape index (κ3) is 2.15. The molecule has 0 fully saturated rings. The van der Waals surface area contributed by atoms with E-state index < -0.39 is 0 Å². The van der Waals surface area contributed by atoms with E-state index in [1.54, 1.807) is 12.2 Å². The van der Waals surface area contributed by atoms with E-state index in [4.69, 9.17) is 5.26 Å². The van der Waals surface area contributed by atoms with Crippen LogP contribution >= 0.6 is 0 Å². The van der Waals surface area contributed by atoms with Gasteiger partial charge in [0.05, 0.1) is 17.1 Å². The van der Waals surface area contributed by atoms with Crippen LogP contribution in [-0.4, -0.2) is 4.57 Å². The first-order valence-corrected chi connectivity index (χ1v) is 6.74. The van der Waals surface area contributed by atoms with E-state index in [1.165, 1.54) is 16.8 Å². The van der Waals surface area contributed by atoms with Gasteiger partial charge in [-0.15, -0.1) is 0 Å². The normalized spacial score (nSPS) is 12.0. The van der Waals surface area contributed by atoms with Crippen molar-refractivity contribution in [1.82, 2.24) is 4.57 Å². The van der Waals surface area contributed by atoms with Crippen LogP contribution in [0.1, 0.15) is 0 Å². The number of para-hydroxylation sites is 2. The summed E-state index contributed by atoms with van der Waals surface area (Å²) >= 11 is 0. The van der Waals surface area contributed by atoms with Crippen LogP contribution in [-0.2, 0) is 0 Å². The molecule has 3 rings (SSSR count). The lowest BCUT2D eigenvalue weighted by Crippen LogP contribution is -1.93. The van der Waals surface area contributed by atoms with E-state index in [0.717, 1.165) is 16.7 Å². The summed E-state index contributed by atoms with van der Waals surface area (Å²) in [6, 6.07) is 18.6. The highest BCUT2D eigenvalue weighted by atomic mass is 15.0. The molecule has 0 aliphatic carbocycles. The van der Waals surface area contributed by atoms with Gasteiger partial charge >= 0.3 is 0 Å². The highest BCUT2D eigenvalue weighted by molar-refractivity contribution is 6.10. The Hall–Kier alpha value is -3.05. The molecule has 2 heteroatoms. The van der Waals surface area contributed by atoms with Crippen LogP contribution in [0.2, 0.25) is 0 Å². The van der Waals surface area contributed by atoms with E-state index in [1.807, 2.05) is 36.4 Å². The van der Waals surface area contributed by atoms with Gasteiger partial charge in [-0.1, -0.05) is 49.1 Å². The predicted molar refractivity (Wildman–Crippen MR) is 88.7 cm³/mol. The van der Waals surface area contributed by atoms with Crippen LogP contribution in [0.3, 0.4) is 0 Å². The van der Waals surface area contributed by atoms with E-state index in [0.29, 0.717) is 0 Å². The molecule has 3 aromatic rings. The molecule has 0 aliphatic rings. The molecule has 0 N–H and O–H groups in total. The molecule has 1 aromatic heterocycles. The van der Waals surface area contributed by atoms with E-state index in [-0.39, 0.29) is 0 Å². The van der Waals surface area contributed by atoms with Crippen molar-refractivity contribution in [3.8, 4) is 6.07 Å². The van der Waals surface area contributed by atoms with Crippen LogP contribution in [0.25, 0.3) is 27.5 Å². The van der Waals surface area contributed by atoms with Crippen molar-refractivity contribution < 1.29 is 0 Å². The lowest BCUT2D eigenvalue weighted by atomic mass is 10.2. The average Bonchev–Trinajstić information content (AvgIpc) is 2.86. The molecule has 0 spiro atoms. The van der Waals surface area contributed by atoms with Gasteiger partial charge in [-0.25, -0.2) is 0 Å². The van der Waals surface area contributed by atoms with E-state index in [9.17, 15) is 0 Å². The standard InChI is InChI=1S/C19H14N2/c1-2-8-15(9-7-14-20)21-18-12-5-3-10-16(18)17-11-4-6-13-19(17)21/h2-13H,1H2/b9-7+,15-8+. The molecule has 0 saturated heterocycles. The van der Waals surface area contributed by atoms with Crippen molar-refractivity contribution in [3.63, 3.8) is 0 Å². The second kappa shape index (κ2) is 5.52. The summed E-state index contributed by atoms with van der Waals surface area (Å²) in [4.78, 5) is 0. The van der Waals surface area contributed by atoms with Crippen LogP contribution in [0.4, 0.5) is 0 Å². The number of aromatic nitrogens is 1. The highest BCUT2D eigenvalue weighted by Crippen LogP contribution is 2.31. The second-order valence-electron chi connectivity index (χ2n) is 4.66. The molecule has 1 heterocycles. The molecule has 0 aliphatic heterocycles. The smallest absolute Gasteiger partial charge is 0.0912 e. The zero-order valence-corrected chi connectivity index (χ0v) is 11.5. The summed E-state index contributed by atoms with van der Waals surface area (Å²) < 4.78 is 2.15. The van der Waals surface area contributed by atoms with Crippen molar-refractivity contribution in [3.05, 3.63) is 79.4 Å². The number of nitriles is 1. The molecular formula is C19H14N2. The van der Waals surface area contributed by atoms with Crippen molar-refractivity contribution in [1.29, 1.82) is 5.26 Å². The fourth-order valence-electron chi connectivity index (χ4n) is 2.65. The van der Waals surface area contributed by atoms with Gasteiger partial charge in [0.1, 0.15) is 0 Å². The van der Waals surface area contributed by atoms with E-state index >= 15 is 0 Å². The molecule has 0 amide bonds. The number of hydrogen-bond acceptors (Lipinski definition) is 1. The molecule has 0 unspecified atom stereocenters. The van der Waals surface area contributed by atoms with Gasteiger partial charge in [-0.2, -0.15) is 5.26 Å². The van der Waals surface area contributed by atoms with Gasteiger partial charge < -0.3 is 4.57 Å².